The molecule has 0 spiro atoms. The van der Waals surface area contributed by atoms with E-state index in [1.807, 2.05) is 58.2 Å². The topological polar surface area (TPSA) is 78.7 Å². The van der Waals surface area contributed by atoms with Gasteiger partial charge in [0.1, 0.15) is 0 Å². The lowest BCUT2D eigenvalue weighted by Crippen LogP contribution is -2.44. The number of hydrogen-bond donors (Lipinski definition) is 1. The van der Waals surface area contributed by atoms with Gasteiger partial charge in [-0.05, 0) is 75.3 Å². The van der Waals surface area contributed by atoms with Crippen molar-refractivity contribution in [3.05, 3.63) is 72.2 Å². The quantitative estimate of drug-likeness (QED) is 0.423. The van der Waals surface area contributed by atoms with Crippen LogP contribution >= 0.6 is 0 Å². The highest BCUT2D eigenvalue weighted by atomic mass is 16.2. The first-order valence-corrected chi connectivity index (χ1v) is 12.5. The molecule has 8 heteroatoms. The largest absolute Gasteiger partial charge is 0.339 e. The number of hydrogen-bond acceptors (Lipinski definition) is 6. The molecule has 5 rings (SSSR count). The van der Waals surface area contributed by atoms with Crippen molar-refractivity contribution < 1.29 is 4.79 Å². The summed E-state index contributed by atoms with van der Waals surface area (Å²) in [6, 6.07) is 14.1. The van der Waals surface area contributed by atoms with E-state index in [2.05, 4.69) is 54.3 Å². The van der Waals surface area contributed by atoms with Gasteiger partial charge >= 0.3 is 0 Å². The third-order valence-corrected chi connectivity index (χ3v) is 6.99. The second kappa shape index (κ2) is 10.1. The molecule has 1 N–H and O–H groups in total. The average molecular weight is 484 g/mol. The highest BCUT2D eigenvalue weighted by molar-refractivity contribution is 5.94. The summed E-state index contributed by atoms with van der Waals surface area (Å²) < 4.78 is 1.90. The SMILES string of the molecule is CC(C)c1cnn2ccc(-c3ccnc(Nc4ccc(C(=O)N5CCC(N(C)C)CC5)cc4)n3)cc12. The first kappa shape index (κ1) is 23.9. The Bertz CT molecular complexity index is 1350. The number of benzene rings is 1. The molecule has 1 amide bonds. The van der Waals surface area contributed by atoms with Crippen LogP contribution in [0.15, 0.2) is 61.1 Å². The van der Waals surface area contributed by atoms with E-state index in [-0.39, 0.29) is 5.91 Å². The Morgan fingerprint density at radius 1 is 1.08 bits per heavy atom. The average Bonchev–Trinajstić information content (AvgIpc) is 3.33. The third-order valence-electron chi connectivity index (χ3n) is 6.99. The van der Waals surface area contributed by atoms with Crippen molar-refractivity contribution in [1.29, 1.82) is 0 Å². The van der Waals surface area contributed by atoms with Crippen molar-refractivity contribution in [1.82, 2.24) is 29.4 Å². The van der Waals surface area contributed by atoms with Crippen molar-refractivity contribution in [3.63, 3.8) is 0 Å². The highest BCUT2D eigenvalue weighted by Gasteiger charge is 2.24. The molecule has 0 saturated carbocycles. The molecule has 0 radical (unpaired) electrons. The number of nitrogens with zero attached hydrogens (tertiary/aromatic N) is 6. The summed E-state index contributed by atoms with van der Waals surface area (Å²) in [5.41, 5.74) is 5.67. The maximum atomic E-state index is 12.9. The number of pyridine rings is 1. The number of nitrogens with one attached hydrogen (secondary N) is 1. The Morgan fingerprint density at radius 3 is 2.53 bits per heavy atom. The molecule has 8 nitrogen and oxygen atoms in total. The Balaban J connectivity index is 1.28. The Kier molecular flexibility index (Phi) is 6.69. The fourth-order valence-corrected chi connectivity index (χ4v) is 4.78. The Morgan fingerprint density at radius 2 is 1.83 bits per heavy atom. The molecule has 1 aliphatic heterocycles. The van der Waals surface area contributed by atoms with Crippen molar-refractivity contribution in [2.45, 2.75) is 38.6 Å². The molecule has 186 valence electrons. The van der Waals surface area contributed by atoms with Crippen molar-refractivity contribution in [2.24, 2.45) is 0 Å². The van der Waals surface area contributed by atoms with E-state index in [0.717, 1.165) is 48.4 Å². The fourth-order valence-electron chi connectivity index (χ4n) is 4.78. The van der Waals surface area contributed by atoms with Gasteiger partial charge in [0.25, 0.3) is 5.91 Å². The number of carbonyl (C=O) groups excluding carboxylic acids is 1. The van der Waals surface area contributed by atoms with Gasteiger partial charge < -0.3 is 15.1 Å². The van der Waals surface area contributed by atoms with Gasteiger partial charge in [0.05, 0.1) is 17.4 Å². The summed E-state index contributed by atoms with van der Waals surface area (Å²) in [6.07, 6.45) is 7.67. The zero-order valence-electron chi connectivity index (χ0n) is 21.3. The number of anilines is 2. The standard InChI is InChI=1S/C28H33N7O/c1-19(2)24-18-30-35-16-10-21(17-26(24)35)25-9-13-29-28(32-25)31-22-7-5-20(6-8-22)27(36)34-14-11-23(12-15-34)33(3)4/h5-10,13,16-19,23H,11-12,14-15H2,1-4H3,(H,29,31,32). The minimum absolute atomic E-state index is 0.0908. The molecule has 0 atom stereocenters. The van der Waals surface area contributed by atoms with Gasteiger partial charge in [-0.2, -0.15) is 5.10 Å². The van der Waals surface area contributed by atoms with Gasteiger partial charge in [-0.1, -0.05) is 13.8 Å². The minimum Gasteiger partial charge on any atom is -0.339 e. The molecule has 0 bridgehead atoms. The van der Waals surface area contributed by atoms with Crippen LogP contribution in [0, 0.1) is 0 Å². The number of fused-ring (bicyclic) bond motifs is 1. The molecule has 4 aromatic rings. The smallest absolute Gasteiger partial charge is 0.253 e. The maximum absolute atomic E-state index is 12.9. The number of carbonyl (C=O) groups is 1. The van der Waals surface area contributed by atoms with Crippen LogP contribution in [0.5, 0.6) is 0 Å². The Hall–Kier alpha value is -3.78. The van der Waals surface area contributed by atoms with E-state index >= 15 is 0 Å². The number of piperidine rings is 1. The van der Waals surface area contributed by atoms with Crippen LogP contribution in [0.1, 0.15) is 48.5 Å². The lowest BCUT2D eigenvalue weighted by atomic mass is 10.0. The molecule has 1 aromatic carbocycles. The van der Waals surface area contributed by atoms with Crippen LogP contribution in [0.2, 0.25) is 0 Å². The van der Waals surface area contributed by atoms with Crippen LogP contribution < -0.4 is 5.32 Å². The predicted octanol–water partition coefficient (Wildman–Crippen LogP) is 4.82. The zero-order valence-corrected chi connectivity index (χ0v) is 21.3. The lowest BCUT2D eigenvalue weighted by Gasteiger charge is -2.35. The number of rotatable bonds is 6. The summed E-state index contributed by atoms with van der Waals surface area (Å²) in [5, 5.41) is 7.72. The van der Waals surface area contributed by atoms with Gasteiger partial charge in [-0.25, -0.2) is 14.5 Å². The third kappa shape index (κ3) is 4.95. The second-order valence-corrected chi connectivity index (χ2v) is 9.95. The van der Waals surface area contributed by atoms with Crippen LogP contribution in [0.3, 0.4) is 0 Å². The van der Waals surface area contributed by atoms with Crippen molar-refractivity contribution in [3.8, 4) is 11.3 Å². The second-order valence-electron chi connectivity index (χ2n) is 9.95. The van der Waals surface area contributed by atoms with Crippen LogP contribution in [0.25, 0.3) is 16.8 Å². The van der Waals surface area contributed by atoms with E-state index < -0.39 is 0 Å². The van der Waals surface area contributed by atoms with E-state index in [0.29, 0.717) is 23.5 Å². The van der Waals surface area contributed by atoms with Crippen molar-refractivity contribution in [2.75, 3.05) is 32.5 Å². The van der Waals surface area contributed by atoms with Crippen LogP contribution in [-0.4, -0.2) is 68.5 Å². The summed E-state index contributed by atoms with van der Waals surface area (Å²) in [4.78, 5) is 26.3. The van der Waals surface area contributed by atoms with Gasteiger partial charge in [-0.15, -0.1) is 0 Å². The fraction of sp³-hybridized carbons (Fsp3) is 0.357. The lowest BCUT2D eigenvalue weighted by molar-refractivity contribution is 0.0663. The first-order chi connectivity index (χ1) is 17.4. The van der Waals surface area contributed by atoms with E-state index in [9.17, 15) is 4.79 Å². The minimum atomic E-state index is 0.0908. The first-order valence-electron chi connectivity index (χ1n) is 12.5. The summed E-state index contributed by atoms with van der Waals surface area (Å²) in [5.74, 6) is 0.989. The molecule has 0 unspecified atom stereocenters. The summed E-state index contributed by atoms with van der Waals surface area (Å²) in [6.45, 7) is 5.93. The normalized spacial score (nSPS) is 14.7. The van der Waals surface area contributed by atoms with Crippen LogP contribution in [0.4, 0.5) is 11.6 Å². The highest BCUT2D eigenvalue weighted by Crippen LogP contribution is 2.26. The molecule has 1 fully saturated rings. The van der Waals surface area contributed by atoms with E-state index in [4.69, 9.17) is 4.98 Å². The van der Waals surface area contributed by atoms with E-state index in [1.165, 1.54) is 5.56 Å². The zero-order chi connectivity index (χ0) is 25.2. The Labute approximate surface area is 212 Å². The molecule has 4 heterocycles. The number of aromatic nitrogens is 4. The van der Waals surface area contributed by atoms with E-state index in [1.54, 1.807) is 6.20 Å². The molecule has 1 aliphatic rings. The van der Waals surface area contributed by atoms with Gasteiger partial charge in [-0.3, -0.25) is 4.79 Å². The van der Waals surface area contributed by atoms with Gasteiger partial charge in [0.2, 0.25) is 5.95 Å². The molecule has 1 saturated heterocycles. The molecule has 0 aliphatic carbocycles. The monoisotopic (exact) mass is 483 g/mol. The van der Waals surface area contributed by atoms with Crippen molar-refractivity contribution >= 4 is 23.1 Å². The van der Waals surface area contributed by atoms with Crippen LogP contribution in [-0.2, 0) is 0 Å². The van der Waals surface area contributed by atoms with Gasteiger partial charge in [0.15, 0.2) is 0 Å². The summed E-state index contributed by atoms with van der Waals surface area (Å²) >= 11 is 0. The number of likely N-dealkylation sites (tertiary alicyclic amines) is 1. The molecular weight excluding hydrogens is 450 g/mol. The molecule has 3 aromatic heterocycles. The maximum Gasteiger partial charge on any atom is 0.253 e. The molecule has 36 heavy (non-hydrogen) atoms. The number of amides is 1. The molecular formula is C28H33N7O. The summed E-state index contributed by atoms with van der Waals surface area (Å²) in [7, 11) is 4.21. The predicted molar refractivity (Wildman–Crippen MR) is 143 cm³/mol. The van der Waals surface area contributed by atoms with Gasteiger partial charge in [0, 0.05) is 53.9 Å².